The van der Waals surface area contributed by atoms with Crippen LogP contribution in [0.25, 0.3) is 5.57 Å². The summed E-state index contributed by atoms with van der Waals surface area (Å²) in [6.07, 6.45) is 0. The maximum Gasteiger partial charge on any atom is 0.160 e. The first-order chi connectivity index (χ1) is 8.67. The van der Waals surface area contributed by atoms with E-state index in [1.165, 1.54) is 22.3 Å². The van der Waals surface area contributed by atoms with Gasteiger partial charge in [-0.2, -0.15) is 0 Å². The Bertz CT molecular complexity index is 586. The van der Waals surface area contributed by atoms with Crippen LogP contribution in [0, 0.1) is 12.8 Å². The molecule has 0 atom stereocenters. The Labute approximate surface area is 116 Å². The van der Waals surface area contributed by atoms with Gasteiger partial charge in [-0.15, -0.1) is 0 Å². The zero-order chi connectivity index (χ0) is 14.5. The predicted molar refractivity (Wildman–Crippen MR) is 81.6 cm³/mol. The molecule has 2 rings (SSSR count). The summed E-state index contributed by atoms with van der Waals surface area (Å²) in [5, 5.41) is 0. The summed E-state index contributed by atoms with van der Waals surface area (Å²) in [6, 6.07) is 4.32. The van der Waals surface area contributed by atoms with E-state index in [0.717, 1.165) is 11.1 Å². The third kappa shape index (κ3) is 1.96. The highest BCUT2D eigenvalue weighted by Gasteiger charge is 2.36. The molecule has 0 heterocycles. The Morgan fingerprint density at radius 1 is 1.16 bits per heavy atom. The largest absolute Gasteiger partial charge is 0.295 e. The molecule has 0 fully saturated rings. The maximum absolute atomic E-state index is 11.8. The molecule has 1 aromatic rings. The van der Waals surface area contributed by atoms with Crippen LogP contribution in [-0.2, 0) is 5.41 Å². The Balaban J connectivity index is 2.78. The smallest absolute Gasteiger partial charge is 0.160 e. The van der Waals surface area contributed by atoms with Crippen LogP contribution in [0.3, 0.4) is 0 Å². The van der Waals surface area contributed by atoms with Gasteiger partial charge in [0.15, 0.2) is 5.78 Å². The van der Waals surface area contributed by atoms with Gasteiger partial charge in [-0.3, -0.25) is 4.79 Å². The highest BCUT2D eigenvalue weighted by atomic mass is 16.1. The number of carbonyl (C=O) groups is 1. The standard InChI is InChI=1S/C18H24O/c1-10(2)17-12(4)18(6,7)16-8-11(3)14(13(5)19)9-15(16)17/h8-10H,1-7H3. The second-order valence-electron chi connectivity index (χ2n) is 6.59. The van der Waals surface area contributed by atoms with E-state index in [1.807, 2.05) is 6.92 Å². The molecule has 0 bridgehead atoms. The Morgan fingerprint density at radius 3 is 2.21 bits per heavy atom. The molecule has 0 aromatic heterocycles. The number of aryl methyl sites for hydroxylation is 1. The first-order valence-electron chi connectivity index (χ1n) is 7.05. The van der Waals surface area contributed by atoms with Crippen molar-refractivity contribution in [3.8, 4) is 0 Å². The zero-order valence-corrected chi connectivity index (χ0v) is 13.1. The van der Waals surface area contributed by atoms with Crippen molar-refractivity contribution >= 4 is 11.4 Å². The van der Waals surface area contributed by atoms with Crippen molar-refractivity contribution in [2.24, 2.45) is 5.92 Å². The number of fused-ring (bicyclic) bond motifs is 1. The summed E-state index contributed by atoms with van der Waals surface area (Å²) < 4.78 is 0. The van der Waals surface area contributed by atoms with E-state index in [4.69, 9.17) is 0 Å². The molecule has 1 nitrogen and oxygen atoms in total. The van der Waals surface area contributed by atoms with Gasteiger partial charge in [-0.1, -0.05) is 39.3 Å². The Kier molecular flexibility index (Phi) is 3.20. The number of hydrogen-bond donors (Lipinski definition) is 0. The lowest BCUT2D eigenvalue weighted by molar-refractivity contribution is 0.101. The first kappa shape index (κ1) is 14.0. The minimum atomic E-state index is 0.0784. The fourth-order valence-electron chi connectivity index (χ4n) is 3.31. The van der Waals surface area contributed by atoms with Crippen LogP contribution >= 0.6 is 0 Å². The molecule has 0 N–H and O–H groups in total. The monoisotopic (exact) mass is 256 g/mol. The molecule has 1 aromatic carbocycles. The molecule has 0 radical (unpaired) electrons. The molecule has 0 saturated heterocycles. The van der Waals surface area contributed by atoms with Gasteiger partial charge in [0.25, 0.3) is 0 Å². The van der Waals surface area contributed by atoms with E-state index in [-0.39, 0.29) is 11.2 Å². The first-order valence-corrected chi connectivity index (χ1v) is 7.05. The van der Waals surface area contributed by atoms with Crippen LogP contribution in [-0.4, -0.2) is 5.78 Å². The van der Waals surface area contributed by atoms with Crippen molar-refractivity contribution in [1.29, 1.82) is 0 Å². The SMILES string of the molecule is CC(=O)c1cc2c(cc1C)C(C)(C)C(C)=C2C(C)C. The number of Topliss-reactive ketones (excluding diaryl/α,β-unsaturated/α-hetero) is 1. The van der Waals surface area contributed by atoms with Crippen molar-refractivity contribution in [2.75, 3.05) is 0 Å². The lowest BCUT2D eigenvalue weighted by Crippen LogP contribution is -2.16. The van der Waals surface area contributed by atoms with E-state index in [1.54, 1.807) is 6.92 Å². The molecular formula is C18H24O. The van der Waals surface area contributed by atoms with E-state index in [0.29, 0.717) is 5.92 Å². The average Bonchev–Trinajstić information content (AvgIpc) is 2.47. The number of carbonyl (C=O) groups excluding carboxylic acids is 1. The number of ketones is 1. The third-order valence-electron chi connectivity index (χ3n) is 4.63. The highest BCUT2D eigenvalue weighted by molar-refractivity contribution is 5.97. The highest BCUT2D eigenvalue weighted by Crippen LogP contribution is 2.49. The number of benzene rings is 1. The lowest BCUT2D eigenvalue weighted by Gasteiger charge is -2.23. The van der Waals surface area contributed by atoms with Gasteiger partial charge in [-0.25, -0.2) is 0 Å². The maximum atomic E-state index is 11.8. The summed E-state index contributed by atoms with van der Waals surface area (Å²) in [5.41, 5.74) is 7.55. The van der Waals surface area contributed by atoms with Gasteiger partial charge >= 0.3 is 0 Å². The van der Waals surface area contributed by atoms with Gasteiger partial charge in [0.05, 0.1) is 0 Å². The summed E-state index contributed by atoms with van der Waals surface area (Å²) in [4.78, 5) is 11.8. The van der Waals surface area contributed by atoms with Gasteiger partial charge in [-0.05, 0) is 55.0 Å². The van der Waals surface area contributed by atoms with Crippen LogP contribution in [0.5, 0.6) is 0 Å². The topological polar surface area (TPSA) is 17.1 Å². The van der Waals surface area contributed by atoms with Gasteiger partial charge in [0, 0.05) is 11.0 Å². The second-order valence-corrected chi connectivity index (χ2v) is 6.59. The minimum absolute atomic E-state index is 0.0784. The fraction of sp³-hybridized carbons (Fsp3) is 0.500. The van der Waals surface area contributed by atoms with Crippen molar-refractivity contribution in [3.63, 3.8) is 0 Å². The third-order valence-corrected chi connectivity index (χ3v) is 4.63. The number of rotatable bonds is 2. The van der Waals surface area contributed by atoms with Gasteiger partial charge in [0.2, 0.25) is 0 Å². The normalized spacial score (nSPS) is 17.1. The molecule has 0 unspecified atom stereocenters. The summed E-state index contributed by atoms with van der Waals surface area (Å²) >= 11 is 0. The summed E-state index contributed by atoms with van der Waals surface area (Å²) in [7, 11) is 0. The van der Waals surface area contributed by atoms with Crippen molar-refractivity contribution < 1.29 is 4.79 Å². The Hall–Kier alpha value is -1.37. The van der Waals surface area contributed by atoms with Crippen LogP contribution in [0.15, 0.2) is 17.7 Å². The molecule has 1 aliphatic rings. The number of hydrogen-bond acceptors (Lipinski definition) is 1. The minimum Gasteiger partial charge on any atom is -0.295 e. The molecule has 1 heteroatoms. The van der Waals surface area contributed by atoms with Crippen molar-refractivity contribution in [1.82, 2.24) is 0 Å². The molecule has 0 spiro atoms. The zero-order valence-electron chi connectivity index (χ0n) is 13.1. The molecule has 19 heavy (non-hydrogen) atoms. The van der Waals surface area contributed by atoms with E-state index < -0.39 is 0 Å². The lowest BCUT2D eigenvalue weighted by atomic mass is 9.81. The van der Waals surface area contributed by atoms with E-state index >= 15 is 0 Å². The second kappa shape index (κ2) is 4.33. The van der Waals surface area contributed by atoms with Crippen LogP contribution in [0.2, 0.25) is 0 Å². The van der Waals surface area contributed by atoms with Gasteiger partial charge in [0.1, 0.15) is 0 Å². The number of allylic oxidation sites excluding steroid dienone is 2. The van der Waals surface area contributed by atoms with Crippen LogP contribution in [0.4, 0.5) is 0 Å². The van der Waals surface area contributed by atoms with Crippen LogP contribution in [0.1, 0.15) is 68.6 Å². The fourth-order valence-corrected chi connectivity index (χ4v) is 3.31. The van der Waals surface area contributed by atoms with Crippen LogP contribution < -0.4 is 0 Å². The molecule has 0 amide bonds. The Morgan fingerprint density at radius 2 is 1.74 bits per heavy atom. The average molecular weight is 256 g/mol. The molecular weight excluding hydrogens is 232 g/mol. The van der Waals surface area contributed by atoms with E-state index in [9.17, 15) is 4.79 Å². The quantitative estimate of drug-likeness (QED) is 0.686. The molecule has 102 valence electrons. The molecule has 0 aliphatic heterocycles. The van der Waals surface area contributed by atoms with E-state index in [2.05, 4.69) is 46.8 Å². The predicted octanol–water partition coefficient (Wildman–Crippen LogP) is 4.92. The molecule has 0 saturated carbocycles. The van der Waals surface area contributed by atoms with Crippen molar-refractivity contribution in [2.45, 2.75) is 53.9 Å². The summed E-state index contributed by atoms with van der Waals surface area (Å²) in [5.74, 6) is 0.647. The van der Waals surface area contributed by atoms with Crippen molar-refractivity contribution in [3.05, 3.63) is 40.0 Å². The summed E-state index contributed by atoms with van der Waals surface area (Å²) in [6.45, 7) is 15.0. The van der Waals surface area contributed by atoms with Gasteiger partial charge < -0.3 is 0 Å². The molecule has 1 aliphatic carbocycles.